The number of hydrogen-bond acceptors (Lipinski definition) is 3. The predicted octanol–water partition coefficient (Wildman–Crippen LogP) is 0.442. The maximum Gasteiger partial charge on any atom is 0.234 e. The van der Waals surface area contributed by atoms with Crippen molar-refractivity contribution >= 4 is 5.91 Å². The number of likely N-dealkylation sites (N-methyl/N-ethyl adjacent to an activating group) is 1. The number of carbonyl (C=O) groups excluding carboxylic acids is 1. The van der Waals surface area contributed by atoms with Gasteiger partial charge in [-0.25, -0.2) is 0 Å². The molecule has 0 saturated heterocycles. The van der Waals surface area contributed by atoms with E-state index in [1.54, 1.807) is 0 Å². The van der Waals surface area contributed by atoms with Crippen molar-refractivity contribution in [1.82, 2.24) is 15.5 Å². The molecule has 0 atom stereocenters. The quantitative estimate of drug-likeness (QED) is 0.578. The van der Waals surface area contributed by atoms with Crippen LogP contribution >= 0.6 is 0 Å². The topological polar surface area (TPSA) is 44.4 Å². The maximum absolute atomic E-state index is 11.3. The maximum atomic E-state index is 11.3. The van der Waals surface area contributed by atoms with E-state index < -0.39 is 0 Å². The van der Waals surface area contributed by atoms with E-state index in [-0.39, 0.29) is 5.91 Å². The van der Waals surface area contributed by atoms with Crippen LogP contribution in [0.4, 0.5) is 0 Å². The Morgan fingerprint density at radius 3 is 2.53 bits per heavy atom. The molecule has 0 aliphatic rings. The lowest BCUT2D eigenvalue weighted by Gasteiger charge is -2.20. The highest BCUT2D eigenvalue weighted by Gasteiger charge is 2.03. The molecule has 0 saturated carbocycles. The summed E-state index contributed by atoms with van der Waals surface area (Å²) in [7, 11) is 2.06. The van der Waals surface area contributed by atoms with Crippen LogP contribution < -0.4 is 10.6 Å². The van der Waals surface area contributed by atoms with Gasteiger partial charge in [-0.2, -0.15) is 0 Å². The van der Waals surface area contributed by atoms with Crippen LogP contribution in [0.3, 0.4) is 0 Å². The van der Waals surface area contributed by atoms with Crippen LogP contribution in [-0.2, 0) is 4.79 Å². The average molecular weight is 215 g/mol. The van der Waals surface area contributed by atoms with Crippen molar-refractivity contribution in [2.75, 3.05) is 33.2 Å². The molecule has 2 N–H and O–H groups in total. The van der Waals surface area contributed by atoms with Crippen molar-refractivity contribution in [3.8, 4) is 0 Å². The molecule has 0 rings (SSSR count). The van der Waals surface area contributed by atoms with Gasteiger partial charge in [0.2, 0.25) is 5.91 Å². The van der Waals surface area contributed by atoms with Gasteiger partial charge in [0, 0.05) is 19.1 Å². The summed E-state index contributed by atoms with van der Waals surface area (Å²) in [6.07, 6.45) is 1.06. The SMILES string of the molecule is CCCNCC(=O)NCCN(C)C(C)C. The Morgan fingerprint density at radius 2 is 2.00 bits per heavy atom. The van der Waals surface area contributed by atoms with E-state index in [0.29, 0.717) is 12.6 Å². The number of rotatable bonds is 8. The van der Waals surface area contributed by atoms with Crippen molar-refractivity contribution < 1.29 is 4.79 Å². The van der Waals surface area contributed by atoms with Crippen molar-refractivity contribution in [2.45, 2.75) is 33.2 Å². The second kappa shape index (κ2) is 8.68. The Morgan fingerprint density at radius 1 is 1.33 bits per heavy atom. The third-order valence-electron chi connectivity index (χ3n) is 2.38. The van der Waals surface area contributed by atoms with Crippen LogP contribution in [0.15, 0.2) is 0 Å². The van der Waals surface area contributed by atoms with Gasteiger partial charge in [-0.3, -0.25) is 4.79 Å². The molecule has 0 aromatic carbocycles. The van der Waals surface area contributed by atoms with Crippen LogP contribution in [0.25, 0.3) is 0 Å². The minimum absolute atomic E-state index is 0.0839. The molecule has 0 spiro atoms. The number of nitrogens with one attached hydrogen (secondary N) is 2. The van der Waals surface area contributed by atoms with E-state index in [9.17, 15) is 4.79 Å². The van der Waals surface area contributed by atoms with Crippen LogP contribution in [0, 0.1) is 0 Å². The molecular formula is C11H25N3O. The number of hydrogen-bond donors (Lipinski definition) is 2. The van der Waals surface area contributed by atoms with Gasteiger partial charge in [0.05, 0.1) is 6.54 Å². The summed E-state index contributed by atoms with van der Waals surface area (Å²) in [4.78, 5) is 13.5. The van der Waals surface area contributed by atoms with Gasteiger partial charge in [0.25, 0.3) is 0 Å². The standard InChI is InChI=1S/C11H25N3O/c1-5-6-12-9-11(15)13-7-8-14(4)10(2)3/h10,12H,5-9H2,1-4H3,(H,13,15). The first-order valence-electron chi connectivity index (χ1n) is 5.75. The van der Waals surface area contributed by atoms with Gasteiger partial charge in [0.15, 0.2) is 0 Å². The largest absolute Gasteiger partial charge is 0.354 e. The van der Waals surface area contributed by atoms with E-state index in [0.717, 1.165) is 26.1 Å². The fraction of sp³-hybridized carbons (Fsp3) is 0.909. The molecule has 15 heavy (non-hydrogen) atoms. The minimum Gasteiger partial charge on any atom is -0.354 e. The zero-order valence-electron chi connectivity index (χ0n) is 10.5. The molecular weight excluding hydrogens is 190 g/mol. The molecule has 0 fully saturated rings. The minimum atomic E-state index is 0.0839. The zero-order chi connectivity index (χ0) is 11.7. The van der Waals surface area contributed by atoms with Gasteiger partial charge >= 0.3 is 0 Å². The van der Waals surface area contributed by atoms with Crippen molar-refractivity contribution in [2.24, 2.45) is 0 Å². The first-order valence-corrected chi connectivity index (χ1v) is 5.75. The fourth-order valence-corrected chi connectivity index (χ4v) is 1.07. The fourth-order valence-electron chi connectivity index (χ4n) is 1.07. The lowest BCUT2D eigenvalue weighted by Crippen LogP contribution is -2.39. The first-order chi connectivity index (χ1) is 7.07. The van der Waals surface area contributed by atoms with Crippen molar-refractivity contribution in [1.29, 1.82) is 0 Å². The molecule has 90 valence electrons. The summed E-state index contributed by atoms with van der Waals surface area (Å²) >= 11 is 0. The highest BCUT2D eigenvalue weighted by Crippen LogP contribution is 1.90. The lowest BCUT2D eigenvalue weighted by atomic mass is 10.3. The Bertz CT molecular complexity index is 171. The first kappa shape index (κ1) is 14.4. The number of nitrogens with zero attached hydrogens (tertiary/aromatic N) is 1. The van der Waals surface area contributed by atoms with Crippen LogP contribution in [0.5, 0.6) is 0 Å². The smallest absolute Gasteiger partial charge is 0.234 e. The second-order valence-electron chi connectivity index (χ2n) is 4.10. The molecule has 0 unspecified atom stereocenters. The number of amides is 1. The Balaban J connectivity index is 3.38. The highest BCUT2D eigenvalue weighted by atomic mass is 16.1. The van der Waals surface area contributed by atoms with Gasteiger partial charge in [-0.15, -0.1) is 0 Å². The van der Waals surface area contributed by atoms with E-state index in [1.165, 1.54) is 0 Å². The van der Waals surface area contributed by atoms with E-state index in [2.05, 4.69) is 43.4 Å². The van der Waals surface area contributed by atoms with Crippen LogP contribution in [0.2, 0.25) is 0 Å². The molecule has 4 heteroatoms. The van der Waals surface area contributed by atoms with Gasteiger partial charge in [-0.1, -0.05) is 6.92 Å². The normalized spacial score (nSPS) is 11.1. The Hall–Kier alpha value is -0.610. The molecule has 0 bridgehead atoms. The van der Waals surface area contributed by atoms with Gasteiger partial charge < -0.3 is 15.5 Å². The van der Waals surface area contributed by atoms with E-state index in [1.807, 2.05) is 0 Å². The summed E-state index contributed by atoms with van der Waals surface area (Å²) < 4.78 is 0. The Labute approximate surface area is 93.4 Å². The lowest BCUT2D eigenvalue weighted by molar-refractivity contribution is -0.120. The van der Waals surface area contributed by atoms with E-state index >= 15 is 0 Å². The molecule has 0 aromatic rings. The molecule has 0 radical (unpaired) electrons. The summed E-state index contributed by atoms with van der Waals surface area (Å²) in [5.41, 5.74) is 0. The molecule has 0 aliphatic heterocycles. The number of carbonyl (C=O) groups is 1. The van der Waals surface area contributed by atoms with Crippen LogP contribution in [0.1, 0.15) is 27.2 Å². The summed E-state index contributed by atoms with van der Waals surface area (Å²) in [6, 6.07) is 0.528. The third kappa shape index (κ3) is 8.39. The monoisotopic (exact) mass is 215 g/mol. The van der Waals surface area contributed by atoms with Crippen molar-refractivity contribution in [3.63, 3.8) is 0 Å². The molecule has 0 aromatic heterocycles. The summed E-state index contributed by atoms with van der Waals surface area (Å²) in [5.74, 6) is 0.0839. The molecule has 0 aliphatic carbocycles. The van der Waals surface area contributed by atoms with Crippen LogP contribution in [-0.4, -0.2) is 50.1 Å². The molecule has 1 amide bonds. The van der Waals surface area contributed by atoms with Gasteiger partial charge in [-0.05, 0) is 33.9 Å². The summed E-state index contributed by atoms with van der Waals surface area (Å²) in [6.45, 7) is 9.33. The predicted molar refractivity (Wildman–Crippen MR) is 63.9 cm³/mol. The highest BCUT2D eigenvalue weighted by molar-refractivity contribution is 5.77. The average Bonchev–Trinajstić information content (AvgIpc) is 2.18. The summed E-state index contributed by atoms with van der Waals surface area (Å²) in [5, 5.41) is 5.95. The molecule has 4 nitrogen and oxygen atoms in total. The van der Waals surface area contributed by atoms with E-state index in [4.69, 9.17) is 0 Å². The zero-order valence-corrected chi connectivity index (χ0v) is 10.5. The van der Waals surface area contributed by atoms with Crippen molar-refractivity contribution in [3.05, 3.63) is 0 Å². The molecule has 0 heterocycles. The Kier molecular flexibility index (Phi) is 8.33. The van der Waals surface area contributed by atoms with Gasteiger partial charge in [0.1, 0.15) is 0 Å². The second-order valence-corrected chi connectivity index (χ2v) is 4.10. The third-order valence-corrected chi connectivity index (χ3v) is 2.38.